The van der Waals surface area contributed by atoms with E-state index in [4.69, 9.17) is 5.73 Å². The predicted molar refractivity (Wildman–Crippen MR) is 65.1 cm³/mol. The first-order valence-electron chi connectivity index (χ1n) is 5.69. The summed E-state index contributed by atoms with van der Waals surface area (Å²) >= 11 is 2.06. The van der Waals surface area contributed by atoms with Crippen LogP contribution in [0.15, 0.2) is 6.07 Å². The van der Waals surface area contributed by atoms with Crippen LogP contribution < -0.4 is 5.73 Å². The fraction of sp³-hybridized carbons (Fsp3) is 0.727. The largest absolute Gasteiger partial charge is 0.325 e. The van der Waals surface area contributed by atoms with Crippen LogP contribution in [0.3, 0.4) is 0 Å². The van der Waals surface area contributed by atoms with Crippen LogP contribution in [0.4, 0.5) is 0 Å². The van der Waals surface area contributed by atoms with Crippen molar-refractivity contribution in [2.45, 2.75) is 38.8 Å². The van der Waals surface area contributed by atoms with Gasteiger partial charge in [0.05, 0.1) is 5.69 Å². The lowest BCUT2D eigenvalue weighted by Gasteiger charge is -2.21. The zero-order chi connectivity index (χ0) is 10.7. The number of nitrogens with two attached hydrogens (primary N) is 1. The Balaban J connectivity index is 2.20. The summed E-state index contributed by atoms with van der Waals surface area (Å²) in [5.41, 5.74) is 8.07. The van der Waals surface area contributed by atoms with Gasteiger partial charge < -0.3 is 5.73 Å². The lowest BCUT2D eigenvalue weighted by Crippen LogP contribution is -2.13. The molecule has 0 spiro atoms. The Kier molecular flexibility index (Phi) is 3.70. The number of hydrogen-bond acceptors (Lipinski definition) is 3. The maximum Gasteiger partial charge on any atom is 0.0763 e. The third-order valence-corrected chi connectivity index (χ3v) is 4.06. The minimum absolute atomic E-state index is 0.557. The molecule has 1 fully saturated rings. The maximum atomic E-state index is 5.64. The minimum Gasteiger partial charge on any atom is -0.325 e. The number of hydrogen-bond donors (Lipinski definition) is 1. The van der Waals surface area contributed by atoms with Crippen LogP contribution in [0.25, 0.3) is 0 Å². The lowest BCUT2D eigenvalue weighted by atomic mass is 9.98. The SMILES string of the molecule is CCn1nc(CN)cc1C1CCSCC1. The topological polar surface area (TPSA) is 43.8 Å². The molecule has 84 valence electrons. The first-order chi connectivity index (χ1) is 7.35. The molecule has 3 nitrogen and oxygen atoms in total. The highest BCUT2D eigenvalue weighted by atomic mass is 32.2. The molecule has 0 aromatic carbocycles. The van der Waals surface area contributed by atoms with E-state index >= 15 is 0 Å². The van der Waals surface area contributed by atoms with Crippen molar-refractivity contribution in [2.75, 3.05) is 11.5 Å². The van der Waals surface area contributed by atoms with Gasteiger partial charge >= 0.3 is 0 Å². The van der Waals surface area contributed by atoms with Gasteiger partial charge in [-0.25, -0.2) is 0 Å². The second-order valence-electron chi connectivity index (χ2n) is 3.97. The van der Waals surface area contributed by atoms with E-state index in [1.54, 1.807) is 0 Å². The van der Waals surface area contributed by atoms with Gasteiger partial charge in [0.1, 0.15) is 0 Å². The summed E-state index contributed by atoms with van der Waals surface area (Å²) in [6.45, 7) is 3.66. The van der Waals surface area contributed by atoms with Gasteiger partial charge in [0, 0.05) is 24.7 Å². The molecule has 0 atom stereocenters. The molecule has 15 heavy (non-hydrogen) atoms. The highest BCUT2D eigenvalue weighted by Gasteiger charge is 2.20. The summed E-state index contributed by atoms with van der Waals surface area (Å²) in [4.78, 5) is 0. The highest BCUT2D eigenvalue weighted by molar-refractivity contribution is 7.99. The van der Waals surface area contributed by atoms with Crippen LogP contribution >= 0.6 is 11.8 Å². The van der Waals surface area contributed by atoms with E-state index in [2.05, 4.69) is 34.5 Å². The monoisotopic (exact) mass is 225 g/mol. The van der Waals surface area contributed by atoms with E-state index in [9.17, 15) is 0 Å². The maximum absolute atomic E-state index is 5.64. The Morgan fingerprint density at radius 2 is 2.27 bits per heavy atom. The Bertz CT molecular complexity index is 316. The Morgan fingerprint density at radius 3 is 2.87 bits per heavy atom. The van der Waals surface area contributed by atoms with Crippen LogP contribution in [-0.4, -0.2) is 21.3 Å². The van der Waals surface area contributed by atoms with Gasteiger partial charge in [-0.1, -0.05) is 0 Å². The Morgan fingerprint density at radius 1 is 1.53 bits per heavy atom. The third kappa shape index (κ3) is 2.37. The van der Waals surface area contributed by atoms with Gasteiger partial charge in [-0.3, -0.25) is 4.68 Å². The lowest BCUT2D eigenvalue weighted by molar-refractivity contribution is 0.536. The quantitative estimate of drug-likeness (QED) is 0.855. The highest BCUT2D eigenvalue weighted by Crippen LogP contribution is 2.31. The van der Waals surface area contributed by atoms with Gasteiger partial charge in [-0.05, 0) is 37.3 Å². The summed E-state index contributed by atoms with van der Waals surface area (Å²) in [5.74, 6) is 3.29. The van der Waals surface area contributed by atoms with Gasteiger partial charge in [0.2, 0.25) is 0 Å². The van der Waals surface area contributed by atoms with Crippen LogP contribution in [0, 0.1) is 0 Å². The van der Waals surface area contributed by atoms with E-state index in [1.165, 1.54) is 30.0 Å². The van der Waals surface area contributed by atoms with Crippen molar-refractivity contribution in [1.82, 2.24) is 9.78 Å². The molecule has 1 saturated heterocycles. The number of rotatable bonds is 3. The molecule has 0 aliphatic carbocycles. The number of aromatic nitrogens is 2. The molecular formula is C11H19N3S. The van der Waals surface area contributed by atoms with Crippen LogP contribution in [0.2, 0.25) is 0 Å². The average molecular weight is 225 g/mol. The van der Waals surface area contributed by atoms with E-state index in [-0.39, 0.29) is 0 Å². The molecule has 0 bridgehead atoms. The van der Waals surface area contributed by atoms with Gasteiger partial charge in [0.25, 0.3) is 0 Å². The smallest absolute Gasteiger partial charge is 0.0763 e. The zero-order valence-corrected chi connectivity index (χ0v) is 10.1. The molecule has 0 amide bonds. The third-order valence-electron chi connectivity index (χ3n) is 3.01. The molecule has 1 aromatic heterocycles. The van der Waals surface area contributed by atoms with Gasteiger partial charge in [-0.2, -0.15) is 16.9 Å². The van der Waals surface area contributed by atoms with Crippen molar-refractivity contribution in [1.29, 1.82) is 0 Å². The van der Waals surface area contributed by atoms with Crippen molar-refractivity contribution in [2.24, 2.45) is 5.73 Å². The van der Waals surface area contributed by atoms with Crippen molar-refractivity contribution in [3.05, 3.63) is 17.5 Å². The number of nitrogens with zero attached hydrogens (tertiary/aromatic N) is 2. The van der Waals surface area contributed by atoms with Crippen molar-refractivity contribution in [3.8, 4) is 0 Å². The number of thioether (sulfide) groups is 1. The fourth-order valence-corrected chi connectivity index (χ4v) is 3.27. The molecule has 1 aromatic rings. The minimum atomic E-state index is 0.557. The molecular weight excluding hydrogens is 206 g/mol. The summed E-state index contributed by atoms with van der Waals surface area (Å²) in [5, 5.41) is 4.51. The van der Waals surface area contributed by atoms with Crippen molar-refractivity contribution < 1.29 is 0 Å². The Labute approximate surface area is 95.4 Å². The summed E-state index contributed by atoms with van der Waals surface area (Å²) < 4.78 is 2.13. The number of aryl methyl sites for hydroxylation is 1. The molecule has 1 aliphatic rings. The molecule has 0 unspecified atom stereocenters. The van der Waals surface area contributed by atoms with Crippen LogP contribution in [0.5, 0.6) is 0 Å². The zero-order valence-electron chi connectivity index (χ0n) is 9.28. The van der Waals surface area contributed by atoms with E-state index in [0.717, 1.165) is 12.2 Å². The predicted octanol–water partition coefficient (Wildman–Crippen LogP) is 1.97. The average Bonchev–Trinajstić information content (AvgIpc) is 2.73. The molecule has 4 heteroatoms. The summed E-state index contributed by atoms with van der Waals surface area (Å²) in [6.07, 6.45) is 2.58. The second kappa shape index (κ2) is 5.03. The molecule has 1 aliphatic heterocycles. The molecule has 2 rings (SSSR count). The first-order valence-corrected chi connectivity index (χ1v) is 6.85. The van der Waals surface area contributed by atoms with Gasteiger partial charge in [-0.15, -0.1) is 0 Å². The summed E-state index contributed by atoms with van der Waals surface area (Å²) in [7, 11) is 0. The van der Waals surface area contributed by atoms with Crippen molar-refractivity contribution >= 4 is 11.8 Å². The molecule has 0 radical (unpaired) electrons. The Hall–Kier alpha value is -0.480. The molecule has 2 N–H and O–H groups in total. The molecule has 2 heterocycles. The van der Waals surface area contributed by atoms with Crippen LogP contribution in [0.1, 0.15) is 37.1 Å². The molecule has 0 saturated carbocycles. The van der Waals surface area contributed by atoms with E-state index in [0.29, 0.717) is 12.5 Å². The van der Waals surface area contributed by atoms with Crippen molar-refractivity contribution in [3.63, 3.8) is 0 Å². The summed E-state index contributed by atoms with van der Waals surface area (Å²) in [6, 6.07) is 2.20. The van der Waals surface area contributed by atoms with Gasteiger partial charge in [0.15, 0.2) is 0 Å². The second-order valence-corrected chi connectivity index (χ2v) is 5.19. The fourth-order valence-electron chi connectivity index (χ4n) is 2.16. The standard InChI is InChI=1S/C11H19N3S/c1-2-14-11(7-10(8-12)13-14)9-3-5-15-6-4-9/h7,9H,2-6,8,12H2,1H3. The first kappa shape index (κ1) is 11.0. The normalized spacial score (nSPS) is 18.3. The van der Waals surface area contributed by atoms with Crippen LogP contribution in [-0.2, 0) is 13.1 Å². The van der Waals surface area contributed by atoms with E-state index < -0.39 is 0 Å². The van der Waals surface area contributed by atoms with E-state index in [1.807, 2.05) is 0 Å².